The molecular formula is C12H17N7O. The summed E-state index contributed by atoms with van der Waals surface area (Å²) in [5, 5.41) is 4.06. The maximum atomic E-state index is 5.77. The first kappa shape index (κ1) is 12.9. The number of nitrogen functional groups attached to an aromatic ring is 1. The number of nitrogens with two attached hydrogens (primary N) is 1. The molecule has 8 heteroatoms. The van der Waals surface area contributed by atoms with Crippen LogP contribution in [0.2, 0.25) is 0 Å². The fourth-order valence-corrected chi connectivity index (χ4v) is 2.27. The van der Waals surface area contributed by atoms with Crippen LogP contribution in [0.1, 0.15) is 11.9 Å². The van der Waals surface area contributed by atoms with Crippen LogP contribution in [-0.4, -0.2) is 63.6 Å². The Morgan fingerprint density at radius 2 is 2.05 bits per heavy atom. The molecule has 1 aliphatic rings. The van der Waals surface area contributed by atoms with Gasteiger partial charge in [-0.2, -0.15) is 4.98 Å². The Bertz CT molecular complexity index is 599. The molecule has 2 N–H and O–H groups in total. The lowest BCUT2D eigenvalue weighted by Crippen LogP contribution is -2.45. The largest absolute Gasteiger partial charge is 0.382 e. The zero-order valence-corrected chi connectivity index (χ0v) is 11.5. The predicted molar refractivity (Wildman–Crippen MR) is 72.6 cm³/mol. The SMILES string of the molecule is CN1CCN(C)C(c2noc(-c3nccnc3N)n2)C1. The van der Waals surface area contributed by atoms with E-state index in [0.29, 0.717) is 17.4 Å². The van der Waals surface area contributed by atoms with Crippen LogP contribution < -0.4 is 5.73 Å². The third-order valence-corrected chi connectivity index (χ3v) is 3.52. The van der Waals surface area contributed by atoms with Crippen molar-refractivity contribution in [2.75, 3.05) is 39.5 Å². The van der Waals surface area contributed by atoms with E-state index in [0.717, 1.165) is 19.6 Å². The van der Waals surface area contributed by atoms with Crippen molar-refractivity contribution in [1.29, 1.82) is 0 Å². The van der Waals surface area contributed by atoms with E-state index in [1.165, 1.54) is 6.20 Å². The van der Waals surface area contributed by atoms with Crippen LogP contribution in [-0.2, 0) is 0 Å². The molecule has 3 rings (SSSR count). The monoisotopic (exact) mass is 275 g/mol. The molecule has 106 valence electrons. The van der Waals surface area contributed by atoms with Crippen LogP contribution >= 0.6 is 0 Å². The average Bonchev–Trinajstić information content (AvgIpc) is 2.91. The van der Waals surface area contributed by atoms with E-state index in [4.69, 9.17) is 10.3 Å². The molecule has 20 heavy (non-hydrogen) atoms. The second-order valence-electron chi connectivity index (χ2n) is 5.01. The minimum Gasteiger partial charge on any atom is -0.382 e. The van der Waals surface area contributed by atoms with Crippen molar-refractivity contribution in [2.45, 2.75) is 6.04 Å². The van der Waals surface area contributed by atoms with Crippen LogP contribution in [0.25, 0.3) is 11.6 Å². The molecule has 0 saturated carbocycles. The van der Waals surface area contributed by atoms with Gasteiger partial charge in [0, 0.05) is 32.0 Å². The van der Waals surface area contributed by atoms with E-state index in [2.05, 4.69) is 44.0 Å². The Morgan fingerprint density at radius 3 is 2.85 bits per heavy atom. The van der Waals surface area contributed by atoms with Crippen LogP contribution in [0.3, 0.4) is 0 Å². The number of nitrogens with zero attached hydrogens (tertiary/aromatic N) is 6. The molecule has 0 bridgehead atoms. The lowest BCUT2D eigenvalue weighted by atomic mass is 10.2. The van der Waals surface area contributed by atoms with Gasteiger partial charge in [-0.3, -0.25) is 4.90 Å². The number of hydrogen-bond acceptors (Lipinski definition) is 8. The number of rotatable bonds is 2. The van der Waals surface area contributed by atoms with Crippen molar-refractivity contribution in [1.82, 2.24) is 29.9 Å². The summed E-state index contributed by atoms with van der Waals surface area (Å²) < 4.78 is 5.28. The standard InChI is InChI=1S/C12H17N7O/c1-18-5-6-19(2)8(7-18)11-16-12(20-17-11)9-10(13)15-4-3-14-9/h3-4,8H,5-7H2,1-2H3,(H2,13,15). The average molecular weight is 275 g/mol. The first-order valence-electron chi connectivity index (χ1n) is 6.44. The highest BCUT2D eigenvalue weighted by molar-refractivity contribution is 5.61. The third-order valence-electron chi connectivity index (χ3n) is 3.52. The quantitative estimate of drug-likeness (QED) is 0.819. The Morgan fingerprint density at radius 1 is 1.25 bits per heavy atom. The smallest absolute Gasteiger partial charge is 0.280 e. The summed E-state index contributed by atoms with van der Waals surface area (Å²) in [5.74, 6) is 1.25. The van der Waals surface area contributed by atoms with Gasteiger partial charge in [-0.1, -0.05) is 5.16 Å². The number of likely N-dealkylation sites (N-methyl/N-ethyl adjacent to an activating group) is 2. The van der Waals surface area contributed by atoms with Crippen LogP contribution in [0.4, 0.5) is 5.82 Å². The molecule has 1 saturated heterocycles. The highest BCUT2D eigenvalue weighted by atomic mass is 16.5. The van der Waals surface area contributed by atoms with E-state index >= 15 is 0 Å². The van der Waals surface area contributed by atoms with Crippen LogP contribution in [0.5, 0.6) is 0 Å². The Hall–Kier alpha value is -2.06. The molecule has 0 spiro atoms. The molecule has 0 radical (unpaired) electrons. The Balaban J connectivity index is 1.88. The molecule has 0 amide bonds. The summed E-state index contributed by atoms with van der Waals surface area (Å²) in [4.78, 5) is 17.0. The van der Waals surface area contributed by atoms with Crippen LogP contribution in [0.15, 0.2) is 16.9 Å². The van der Waals surface area contributed by atoms with E-state index in [9.17, 15) is 0 Å². The number of anilines is 1. The topological polar surface area (TPSA) is 97.2 Å². The van der Waals surface area contributed by atoms with Crippen molar-refractivity contribution >= 4 is 5.82 Å². The minimum atomic E-state index is 0.115. The van der Waals surface area contributed by atoms with Gasteiger partial charge in [0.05, 0.1) is 6.04 Å². The number of aromatic nitrogens is 4. The summed E-state index contributed by atoms with van der Waals surface area (Å²) in [7, 11) is 4.14. The van der Waals surface area contributed by atoms with Crippen LogP contribution in [0, 0.1) is 0 Å². The maximum absolute atomic E-state index is 5.77. The molecule has 2 aromatic heterocycles. The molecule has 1 unspecified atom stereocenters. The normalized spacial score (nSPS) is 21.2. The lowest BCUT2D eigenvalue weighted by Gasteiger charge is -2.35. The van der Waals surface area contributed by atoms with Crippen molar-refractivity contribution < 1.29 is 4.52 Å². The summed E-state index contributed by atoms with van der Waals surface area (Å²) in [6.07, 6.45) is 3.08. The molecule has 8 nitrogen and oxygen atoms in total. The van der Waals surface area contributed by atoms with Crippen molar-refractivity contribution in [3.8, 4) is 11.6 Å². The number of hydrogen-bond donors (Lipinski definition) is 1. The first-order valence-corrected chi connectivity index (χ1v) is 6.44. The summed E-state index contributed by atoms with van der Waals surface area (Å²) in [5.41, 5.74) is 6.20. The molecule has 0 aliphatic carbocycles. The zero-order valence-electron chi connectivity index (χ0n) is 11.5. The first-order chi connectivity index (χ1) is 9.65. The minimum absolute atomic E-state index is 0.115. The Kier molecular flexibility index (Phi) is 3.33. The van der Waals surface area contributed by atoms with Crippen molar-refractivity contribution in [2.24, 2.45) is 0 Å². The Labute approximate surface area is 116 Å². The summed E-state index contributed by atoms with van der Waals surface area (Å²) in [6, 6.07) is 0.115. The van der Waals surface area contributed by atoms with Gasteiger partial charge in [-0.25, -0.2) is 9.97 Å². The van der Waals surface area contributed by atoms with E-state index < -0.39 is 0 Å². The van der Waals surface area contributed by atoms with Crippen molar-refractivity contribution in [3.63, 3.8) is 0 Å². The zero-order chi connectivity index (χ0) is 14.1. The van der Waals surface area contributed by atoms with E-state index in [-0.39, 0.29) is 11.9 Å². The molecule has 1 atom stereocenters. The van der Waals surface area contributed by atoms with Gasteiger partial charge in [-0.15, -0.1) is 0 Å². The van der Waals surface area contributed by atoms with Gasteiger partial charge in [0.1, 0.15) is 0 Å². The molecule has 1 fully saturated rings. The van der Waals surface area contributed by atoms with Gasteiger partial charge in [-0.05, 0) is 14.1 Å². The summed E-state index contributed by atoms with van der Waals surface area (Å²) in [6.45, 7) is 2.87. The second kappa shape index (κ2) is 5.14. The molecule has 2 aromatic rings. The fourth-order valence-electron chi connectivity index (χ4n) is 2.27. The molecule has 1 aliphatic heterocycles. The van der Waals surface area contributed by atoms with Gasteiger partial charge in [0.15, 0.2) is 17.3 Å². The van der Waals surface area contributed by atoms with Crippen molar-refractivity contribution in [3.05, 3.63) is 18.2 Å². The van der Waals surface area contributed by atoms with E-state index in [1.807, 2.05) is 0 Å². The predicted octanol–water partition coefficient (Wildman–Crippen LogP) is 0.0271. The molecule has 3 heterocycles. The molecule has 0 aromatic carbocycles. The highest BCUT2D eigenvalue weighted by Crippen LogP contribution is 2.25. The second-order valence-corrected chi connectivity index (χ2v) is 5.01. The third kappa shape index (κ3) is 2.35. The maximum Gasteiger partial charge on any atom is 0.280 e. The van der Waals surface area contributed by atoms with Gasteiger partial charge < -0.3 is 15.2 Å². The van der Waals surface area contributed by atoms with Gasteiger partial charge in [0.25, 0.3) is 5.89 Å². The van der Waals surface area contributed by atoms with Gasteiger partial charge >= 0.3 is 0 Å². The number of piperazine rings is 1. The molecular weight excluding hydrogens is 258 g/mol. The van der Waals surface area contributed by atoms with E-state index in [1.54, 1.807) is 6.20 Å². The fraction of sp³-hybridized carbons (Fsp3) is 0.500. The lowest BCUT2D eigenvalue weighted by molar-refractivity contribution is 0.108. The van der Waals surface area contributed by atoms with Gasteiger partial charge in [0.2, 0.25) is 0 Å². The summed E-state index contributed by atoms with van der Waals surface area (Å²) >= 11 is 0. The highest BCUT2D eigenvalue weighted by Gasteiger charge is 2.28.